The van der Waals surface area contributed by atoms with Gasteiger partial charge in [0.25, 0.3) is 0 Å². The molecular formula is C19H19F4N5O3. The fourth-order valence-electron chi connectivity index (χ4n) is 4.29. The summed E-state index contributed by atoms with van der Waals surface area (Å²) in [5.74, 6) is 0.00210. The van der Waals surface area contributed by atoms with Crippen LogP contribution in [0.15, 0.2) is 23.1 Å². The molecule has 0 aromatic carbocycles. The van der Waals surface area contributed by atoms with E-state index < -0.39 is 35.9 Å². The molecule has 0 bridgehead atoms. The molecule has 8 nitrogen and oxygen atoms in total. The molecule has 31 heavy (non-hydrogen) atoms. The number of nitrogens with zero attached hydrogens (tertiary/aromatic N) is 5. The van der Waals surface area contributed by atoms with Crippen molar-refractivity contribution in [3.8, 4) is 0 Å². The summed E-state index contributed by atoms with van der Waals surface area (Å²) in [6.45, 7) is 0.210. The second kappa shape index (κ2) is 7.14. The monoisotopic (exact) mass is 441 g/mol. The second-order valence-corrected chi connectivity index (χ2v) is 8.08. The summed E-state index contributed by atoms with van der Waals surface area (Å²) in [5, 5.41) is 4.32. The van der Waals surface area contributed by atoms with Gasteiger partial charge in [-0.25, -0.2) is 13.9 Å². The first-order valence-electron chi connectivity index (χ1n) is 10.0. The van der Waals surface area contributed by atoms with Gasteiger partial charge in [0.1, 0.15) is 24.0 Å². The predicted molar refractivity (Wildman–Crippen MR) is 96.8 cm³/mol. The van der Waals surface area contributed by atoms with Crippen LogP contribution in [0, 0.1) is 0 Å². The number of rotatable bonds is 3. The highest BCUT2D eigenvalue weighted by molar-refractivity contribution is 5.81. The van der Waals surface area contributed by atoms with Crippen molar-refractivity contribution in [2.75, 3.05) is 13.1 Å². The summed E-state index contributed by atoms with van der Waals surface area (Å²) in [5.41, 5.74) is -1.22. The van der Waals surface area contributed by atoms with Crippen LogP contribution in [-0.2, 0) is 22.3 Å². The van der Waals surface area contributed by atoms with E-state index in [0.29, 0.717) is 30.8 Å². The summed E-state index contributed by atoms with van der Waals surface area (Å²) >= 11 is 0. The molecule has 2 aromatic heterocycles. The van der Waals surface area contributed by atoms with Crippen molar-refractivity contribution in [3.05, 3.63) is 45.9 Å². The molecule has 166 valence electrons. The van der Waals surface area contributed by atoms with Crippen molar-refractivity contribution >= 4 is 5.91 Å². The van der Waals surface area contributed by atoms with Gasteiger partial charge in [-0.1, -0.05) is 6.07 Å². The zero-order valence-corrected chi connectivity index (χ0v) is 16.3. The molecule has 3 aliphatic heterocycles. The molecule has 2 saturated heterocycles. The van der Waals surface area contributed by atoms with Gasteiger partial charge in [0.2, 0.25) is 5.91 Å². The number of pyridine rings is 1. The van der Waals surface area contributed by atoms with E-state index >= 15 is 0 Å². The molecule has 12 heteroatoms. The summed E-state index contributed by atoms with van der Waals surface area (Å²) < 4.78 is 59.7. The molecule has 0 aliphatic carbocycles. The molecule has 5 heterocycles. The van der Waals surface area contributed by atoms with Crippen LogP contribution >= 0.6 is 0 Å². The van der Waals surface area contributed by atoms with Crippen LogP contribution in [0.4, 0.5) is 17.6 Å². The first-order chi connectivity index (χ1) is 14.7. The average Bonchev–Trinajstić information content (AvgIpc) is 3.29. The number of hydrogen-bond donors (Lipinski definition) is 0. The lowest BCUT2D eigenvalue weighted by Crippen LogP contribution is -2.40. The number of hydrogen-bond acceptors (Lipinski definition) is 5. The number of halogens is 4. The Labute approximate surface area is 173 Å². The van der Waals surface area contributed by atoms with E-state index in [2.05, 4.69) is 10.1 Å². The predicted octanol–water partition coefficient (Wildman–Crippen LogP) is 1.85. The minimum absolute atomic E-state index is 0.00807. The van der Waals surface area contributed by atoms with E-state index in [9.17, 15) is 27.2 Å². The van der Waals surface area contributed by atoms with Crippen LogP contribution in [0.3, 0.4) is 0 Å². The maximum atomic E-state index is 13.6. The second-order valence-electron chi connectivity index (χ2n) is 8.08. The Hall–Kier alpha value is -2.76. The van der Waals surface area contributed by atoms with E-state index in [1.165, 1.54) is 15.5 Å². The molecule has 2 fully saturated rings. The Morgan fingerprint density at radius 1 is 1.23 bits per heavy atom. The first-order valence-corrected chi connectivity index (χ1v) is 10.0. The van der Waals surface area contributed by atoms with Crippen molar-refractivity contribution in [3.63, 3.8) is 0 Å². The standard InChI is InChI=1S/C19H19F4N5O3/c20-11-5-6-26(9-11)17(29)12-2-3-13-15(31-13)16-25-27(18(30)28(12)16)8-10-1-4-14(24-7-10)19(21,22)23/h1,4,7,11-13,15H,2-3,5-6,8-9H2/t11-,12-,13?,15?/m0/s1. The van der Waals surface area contributed by atoms with E-state index in [-0.39, 0.29) is 31.5 Å². The van der Waals surface area contributed by atoms with Gasteiger partial charge < -0.3 is 9.64 Å². The van der Waals surface area contributed by atoms with Crippen LogP contribution in [0.2, 0.25) is 0 Å². The Bertz CT molecular complexity index is 1060. The number of carbonyl (C=O) groups excluding carboxylic acids is 1. The summed E-state index contributed by atoms with van der Waals surface area (Å²) in [6.07, 6.45) is -3.89. The van der Waals surface area contributed by atoms with Gasteiger partial charge in [0.15, 0.2) is 5.82 Å². The Kier molecular flexibility index (Phi) is 4.65. The molecule has 0 N–H and O–H groups in total. The highest BCUT2D eigenvalue weighted by Gasteiger charge is 2.49. The van der Waals surface area contributed by atoms with Gasteiger partial charge in [-0.05, 0) is 30.9 Å². The maximum absolute atomic E-state index is 13.6. The number of ether oxygens (including phenoxy) is 1. The van der Waals surface area contributed by atoms with Crippen LogP contribution in [0.25, 0.3) is 0 Å². The van der Waals surface area contributed by atoms with E-state index in [1.807, 2.05) is 0 Å². The molecule has 0 spiro atoms. The number of fused-ring (bicyclic) bond motifs is 3. The van der Waals surface area contributed by atoms with E-state index in [4.69, 9.17) is 4.74 Å². The first kappa shape index (κ1) is 20.2. The minimum Gasteiger partial charge on any atom is -0.361 e. The van der Waals surface area contributed by atoms with Crippen molar-refractivity contribution in [1.29, 1.82) is 0 Å². The molecule has 1 amide bonds. The molecular weight excluding hydrogens is 422 g/mol. The third-order valence-electron chi connectivity index (χ3n) is 5.95. The molecule has 0 radical (unpaired) electrons. The van der Waals surface area contributed by atoms with Crippen molar-refractivity contribution in [2.45, 2.75) is 56.4 Å². The molecule has 2 aromatic rings. The van der Waals surface area contributed by atoms with E-state index in [0.717, 1.165) is 16.9 Å². The number of carbonyl (C=O) groups is 1. The van der Waals surface area contributed by atoms with Crippen LogP contribution in [-0.4, -0.2) is 55.5 Å². The number of alkyl halides is 4. The maximum Gasteiger partial charge on any atom is 0.433 e. The van der Waals surface area contributed by atoms with Crippen LogP contribution in [0.1, 0.15) is 48.5 Å². The summed E-state index contributed by atoms with van der Waals surface area (Å²) in [4.78, 5) is 31.0. The van der Waals surface area contributed by atoms with Gasteiger partial charge in [-0.3, -0.25) is 14.3 Å². The normalized spacial score (nSPS) is 27.5. The highest BCUT2D eigenvalue weighted by Crippen LogP contribution is 2.45. The Balaban J connectivity index is 1.45. The lowest BCUT2D eigenvalue weighted by atomic mass is 10.1. The Morgan fingerprint density at radius 2 is 2.03 bits per heavy atom. The van der Waals surface area contributed by atoms with Gasteiger partial charge in [0.05, 0.1) is 19.2 Å². The van der Waals surface area contributed by atoms with Gasteiger partial charge in [-0.15, -0.1) is 0 Å². The Morgan fingerprint density at radius 3 is 2.68 bits per heavy atom. The molecule has 2 unspecified atom stereocenters. The molecule has 0 saturated carbocycles. The number of aromatic nitrogens is 4. The third kappa shape index (κ3) is 3.62. The molecule has 3 aliphatic rings. The smallest absolute Gasteiger partial charge is 0.361 e. The zero-order valence-electron chi connectivity index (χ0n) is 16.3. The van der Waals surface area contributed by atoms with Crippen LogP contribution in [0.5, 0.6) is 0 Å². The quantitative estimate of drug-likeness (QED) is 0.536. The lowest BCUT2D eigenvalue weighted by Gasteiger charge is -2.23. The number of likely N-dealkylation sites (tertiary alicyclic amines) is 1. The fourth-order valence-corrected chi connectivity index (χ4v) is 4.29. The van der Waals surface area contributed by atoms with Gasteiger partial charge >= 0.3 is 11.9 Å². The summed E-state index contributed by atoms with van der Waals surface area (Å²) in [6, 6.07) is 1.27. The van der Waals surface area contributed by atoms with Crippen molar-refractivity contribution in [1.82, 2.24) is 24.2 Å². The fraction of sp³-hybridized carbons (Fsp3) is 0.579. The van der Waals surface area contributed by atoms with Crippen LogP contribution < -0.4 is 5.69 Å². The number of epoxide rings is 1. The SMILES string of the molecule is O=C([C@@H]1CCC2OC2c2nn(Cc3ccc(C(F)(F)F)nc3)c(=O)n21)N1CC[C@H](F)C1. The topological polar surface area (TPSA) is 85.5 Å². The molecule has 5 rings (SSSR count). The average molecular weight is 441 g/mol. The highest BCUT2D eigenvalue weighted by atomic mass is 19.4. The van der Waals surface area contributed by atoms with Gasteiger partial charge in [-0.2, -0.15) is 18.3 Å². The minimum atomic E-state index is -4.55. The summed E-state index contributed by atoms with van der Waals surface area (Å²) in [7, 11) is 0. The zero-order chi connectivity index (χ0) is 21.9. The van der Waals surface area contributed by atoms with Crippen molar-refractivity contribution in [2.24, 2.45) is 0 Å². The lowest BCUT2D eigenvalue weighted by molar-refractivity contribution is -0.141. The molecule has 4 atom stereocenters. The van der Waals surface area contributed by atoms with Gasteiger partial charge in [0, 0.05) is 12.7 Å². The van der Waals surface area contributed by atoms with E-state index in [1.54, 1.807) is 0 Å². The largest absolute Gasteiger partial charge is 0.433 e. The van der Waals surface area contributed by atoms with Crippen molar-refractivity contribution < 1.29 is 27.1 Å². The number of amides is 1. The third-order valence-corrected chi connectivity index (χ3v) is 5.95.